The average Bonchev–Trinajstić information content (AvgIpc) is 2.93. The monoisotopic (exact) mass is 645 g/mol. The van der Waals surface area contributed by atoms with Crippen LogP contribution in [0.25, 0.3) is 0 Å². The molecule has 0 aromatic heterocycles. The summed E-state index contributed by atoms with van der Waals surface area (Å²) in [5, 5.41) is 21.8. The second-order valence-electron chi connectivity index (χ2n) is 11.2. The summed E-state index contributed by atoms with van der Waals surface area (Å²) in [6, 6.07) is -6.31. The molecule has 0 saturated carbocycles. The minimum atomic E-state index is -1.24. The molecule has 0 heterocycles. The molecule has 0 saturated heterocycles. The largest absolute Gasteiger partial charge is 0.480 e. The fourth-order valence-corrected chi connectivity index (χ4v) is 4.25. The van der Waals surface area contributed by atoms with Crippen molar-refractivity contribution in [2.45, 2.75) is 97.1 Å². The Balaban J connectivity index is 5.70. The van der Waals surface area contributed by atoms with Crippen molar-refractivity contribution in [3.63, 3.8) is 0 Å². The van der Waals surface area contributed by atoms with Crippen molar-refractivity contribution in [2.75, 3.05) is 18.6 Å². The molecule has 0 aliphatic heterocycles. The van der Waals surface area contributed by atoms with Gasteiger partial charge in [0, 0.05) is 6.54 Å². The van der Waals surface area contributed by atoms with E-state index >= 15 is 0 Å². The van der Waals surface area contributed by atoms with Gasteiger partial charge in [0.15, 0.2) is 5.96 Å². The number of hydrogen-bond donors (Lipinski definition) is 9. The molecule has 0 unspecified atom stereocenters. The molecule has 6 atom stereocenters. The molecule has 44 heavy (non-hydrogen) atoms. The third-order valence-corrected chi connectivity index (χ3v) is 7.17. The summed E-state index contributed by atoms with van der Waals surface area (Å²) < 4.78 is 0. The van der Waals surface area contributed by atoms with E-state index in [1.54, 1.807) is 27.7 Å². The zero-order valence-corrected chi connectivity index (χ0v) is 27.5. The summed E-state index contributed by atoms with van der Waals surface area (Å²) in [6.45, 7) is 9.66. The number of amides is 5. The van der Waals surface area contributed by atoms with E-state index in [2.05, 4.69) is 31.6 Å². The average molecular weight is 646 g/mol. The number of nitrogens with zero attached hydrogens (tertiary/aromatic N) is 1. The van der Waals surface area contributed by atoms with Crippen molar-refractivity contribution in [1.82, 2.24) is 26.6 Å². The Bertz CT molecular complexity index is 1020. The van der Waals surface area contributed by atoms with Crippen LogP contribution >= 0.6 is 11.8 Å². The van der Waals surface area contributed by atoms with Gasteiger partial charge in [-0.25, -0.2) is 0 Å². The Morgan fingerprint density at radius 3 is 1.68 bits per heavy atom. The quantitative estimate of drug-likeness (QED) is 0.0396. The summed E-state index contributed by atoms with van der Waals surface area (Å²) in [5.41, 5.74) is 16.7. The molecule has 16 nitrogen and oxygen atoms in total. The molecular formula is C27H51N9O7S. The molecule has 0 aromatic carbocycles. The topological polar surface area (TPSA) is 273 Å². The number of carbonyl (C=O) groups excluding carboxylic acids is 5. The molecule has 0 bridgehead atoms. The molecular weight excluding hydrogens is 594 g/mol. The van der Waals surface area contributed by atoms with Crippen LogP contribution < -0.4 is 43.8 Å². The third kappa shape index (κ3) is 15.2. The number of carboxylic acid groups (broad SMARTS) is 1. The van der Waals surface area contributed by atoms with Crippen LogP contribution in [-0.4, -0.2) is 101 Å². The van der Waals surface area contributed by atoms with Crippen molar-refractivity contribution < 1.29 is 33.9 Å². The SMILES string of the molecule is CSCC[C@H](N)C(=O)N[C@H](C(=O)N[C@@H](CCCN=C(N)N)C(=O)N[C@@H](C)C(=O)N[C@H](C(=O)N[C@@H](C)C(=O)O)C(C)C)C(C)C. The fraction of sp³-hybridized carbons (Fsp3) is 0.741. The summed E-state index contributed by atoms with van der Waals surface area (Å²) in [5.74, 6) is -4.65. The molecule has 17 heteroatoms. The Hall–Kier alpha value is -3.60. The second kappa shape index (κ2) is 20.4. The van der Waals surface area contributed by atoms with E-state index in [9.17, 15) is 28.8 Å². The fourth-order valence-electron chi connectivity index (χ4n) is 3.76. The molecule has 252 valence electrons. The van der Waals surface area contributed by atoms with Crippen LogP contribution in [0.5, 0.6) is 0 Å². The number of carbonyl (C=O) groups is 6. The lowest BCUT2D eigenvalue weighted by molar-refractivity contribution is -0.142. The number of nitrogens with one attached hydrogen (secondary N) is 5. The van der Waals surface area contributed by atoms with Gasteiger partial charge in [0.25, 0.3) is 0 Å². The number of rotatable bonds is 20. The molecule has 0 fully saturated rings. The zero-order chi connectivity index (χ0) is 34.1. The highest BCUT2D eigenvalue weighted by Gasteiger charge is 2.32. The standard InChI is InChI=1S/C27H51N9O7S/c1-13(2)19(24(40)33-16(6)26(42)43)35-21(37)15(5)32-23(39)18(9-8-11-31-27(29)30)34-25(41)20(14(3)4)36-22(38)17(28)10-12-44-7/h13-20H,8-12,28H2,1-7H3,(H,32,39)(H,33,40)(H,34,41)(H,35,37)(H,36,38)(H,42,43)(H4,29,30,31)/t15-,16-,17-,18-,19-,20-/m0/s1. The highest BCUT2D eigenvalue weighted by atomic mass is 32.2. The maximum Gasteiger partial charge on any atom is 0.325 e. The first-order chi connectivity index (χ1) is 20.4. The van der Waals surface area contributed by atoms with Gasteiger partial charge in [-0.3, -0.25) is 33.8 Å². The van der Waals surface area contributed by atoms with Gasteiger partial charge in [-0.05, 0) is 57.0 Å². The molecule has 0 aliphatic rings. The van der Waals surface area contributed by atoms with Gasteiger partial charge < -0.3 is 48.9 Å². The smallest absolute Gasteiger partial charge is 0.325 e. The van der Waals surface area contributed by atoms with Gasteiger partial charge in [-0.2, -0.15) is 11.8 Å². The van der Waals surface area contributed by atoms with E-state index < -0.39 is 77.7 Å². The van der Waals surface area contributed by atoms with Crippen molar-refractivity contribution in [3.05, 3.63) is 0 Å². The minimum Gasteiger partial charge on any atom is -0.480 e. The number of hydrogen-bond acceptors (Lipinski definition) is 9. The summed E-state index contributed by atoms with van der Waals surface area (Å²) in [7, 11) is 0. The highest BCUT2D eigenvalue weighted by Crippen LogP contribution is 2.08. The van der Waals surface area contributed by atoms with Crippen LogP contribution in [0.4, 0.5) is 0 Å². The number of thioether (sulfide) groups is 1. The van der Waals surface area contributed by atoms with Gasteiger partial charge in [-0.15, -0.1) is 0 Å². The summed E-state index contributed by atoms with van der Waals surface area (Å²) in [4.78, 5) is 79.7. The van der Waals surface area contributed by atoms with Crippen molar-refractivity contribution in [2.24, 2.45) is 34.0 Å². The lowest BCUT2D eigenvalue weighted by Gasteiger charge is -2.27. The van der Waals surface area contributed by atoms with Crippen molar-refractivity contribution >= 4 is 53.2 Å². The van der Waals surface area contributed by atoms with Gasteiger partial charge in [-0.1, -0.05) is 27.7 Å². The first-order valence-electron chi connectivity index (χ1n) is 14.5. The Morgan fingerprint density at radius 1 is 0.705 bits per heavy atom. The van der Waals surface area contributed by atoms with E-state index in [-0.39, 0.29) is 24.8 Å². The zero-order valence-electron chi connectivity index (χ0n) is 26.6. The van der Waals surface area contributed by atoms with Gasteiger partial charge >= 0.3 is 5.97 Å². The molecule has 0 aromatic rings. The first kappa shape index (κ1) is 40.4. The minimum absolute atomic E-state index is 0.0960. The molecule has 0 radical (unpaired) electrons. The first-order valence-corrected chi connectivity index (χ1v) is 15.9. The Morgan fingerprint density at radius 2 is 1.20 bits per heavy atom. The van der Waals surface area contributed by atoms with Crippen LogP contribution in [0.2, 0.25) is 0 Å². The molecule has 0 aliphatic carbocycles. The van der Waals surface area contributed by atoms with Crippen LogP contribution in [-0.2, 0) is 28.8 Å². The number of guanidine groups is 1. The maximum atomic E-state index is 13.3. The predicted molar refractivity (Wildman–Crippen MR) is 169 cm³/mol. The van der Waals surface area contributed by atoms with Gasteiger partial charge in [0.2, 0.25) is 29.5 Å². The van der Waals surface area contributed by atoms with E-state index in [0.717, 1.165) is 0 Å². The van der Waals surface area contributed by atoms with Crippen LogP contribution in [0, 0.1) is 11.8 Å². The number of aliphatic carboxylic acids is 1. The molecule has 5 amide bonds. The Labute approximate surface area is 263 Å². The lowest BCUT2D eigenvalue weighted by Crippen LogP contribution is -2.59. The van der Waals surface area contributed by atoms with E-state index in [1.165, 1.54) is 25.6 Å². The molecule has 12 N–H and O–H groups in total. The van der Waals surface area contributed by atoms with Gasteiger partial charge in [0.1, 0.15) is 30.2 Å². The maximum absolute atomic E-state index is 13.3. The second-order valence-corrected chi connectivity index (χ2v) is 12.1. The molecule has 0 rings (SSSR count). The lowest BCUT2D eigenvalue weighted by atomic mass is 10.0. The van der Waals surface area contributed by atoms with Crippen LogP contribution in [0.15, 0.2) is 4.99 Å². The van der Waals surface area contributed by atoms with E-state index in [1.807, 2.05) is 6.26 Å². The normalized spacial score (nSPS) is 15.1. The van der Waals surface area contributed by atoms with Gasteiger partial charge in [0.05, 0.1) is 6.04 Å². The van der Waals surface area contributed by atoms with Crippen LogP contribution in [0.3, 0.4) is 0 Å². The van der Waals surface area contributed by atoms with Crippen molar-refractivity contribution in [3.8, 4) is 0 Å². The number of nitrogens with two attached hydrogens (primary N) is 3. The number of carboxylic acids is 1. The summed E-state index contributed by atoms with van der Waals surface area (Å²) in [6.07, 6.45) is 2.71. The number of aliphatic imine (C=N–C) groups is 1. The highest BCUT2D eigenvalue weighted by molar-refractivity contribution is 7.98. The van der Waals surface area contributed by atoms with E-state index in [4.69, 9.17) is 22.3 Å². The Kier molecular flexibility index (Phi) is 18.7. The summed E-state index contributed by atoms with van der Waals surface area (Å²) >= 11 is 1.54. The molecule has 0 spiro atoms. The van der Waals surface area contributed by atoms with E-state index in [0.29, 0.717) is 18.6 Å². The van der Waals surface area contributed by atoms with Crippen molar-refractivity contribution in [1.29, 1.82) is 0 Å². The third-order valence-electron chi connectivity index (χ3n) is 6.52. The van der Waals surface area contributed by atoms with Crippen LogP contribution in [0.1, 0.15) is 60.8 Å². The predicted octanol–water partition coefficient (Wildman–Crippen LogP) is -2.02.